The Hall–Kier alpha value is -1.65. The summed E-state index contributed by atoms with van der Waals surface area (Å²) in [5, 5.41) is 0. The molecule has 0 saturated carbocycles. The van der Waals surface area contributed by atoms with Gasteiger partial charge in [0.1, 0.15) is 0 Å². The number of carbonyl (C=O) groups excluding carboxylic acids is 3. The third-order valence-corrected chi connectivity index (χ3v) is 1.75. The number of rotatable bonds is 2. The van der Waals surface area contributed by atoms with E-state index >= 15 is 0 Å². The van der Waals surface area contributed by atoms with Crippen LogP contribution < -0.4 is 0 Å². The lowest BCUT2D eigenvalue weighted by Crippen LogP contribution is -2.27. The minimum Gasteiger partial charge on any atom is -0.447 e. The zero-order chi connectivity index (χ0) is 10.6. The van der Waals surface area contributed by atoms with E-state index < -0.39 is 24.0 Å². The second-order valence-electron chi connectivity index (χ2n) is 2.81. The van der Waals surface area contributed by atoms with E-state index in [2.05, 4.69) is 11.3 Å². The molecule has 0 amide bonds. The monoisotopic (exact) mass is 198 g/mol. The minimum absolute atomic E-state index is 0.174. The molecule has 5 heteroatoms. The van der Waals surface area contributed by atoms with Gasteiger partial charge < -0.3 is 9.47 Å². The molecule has 0 aromatic heterocycles. The zero-order valence-corrected chi connectivity index (χ0v) is 7.52. The second kappa shape index (κ2) is 4.55. The molecule has 5 nitrogen and oxygen atoms in total. The van der Waals surface area contributed by atoms with Crippen LogP contribution in [0, 0.1) is 0 Å². The molecule has 0 radical (unpaired) electrons. The van der Waals surface area contributed by atoms with Crippen molar-refractivity contribution in [3.05, 3.63) is 12.7 Å². The fraction of sp³-hybridized carbons (Fsp3) is 0.444. The van der Waals surface area contributed by atoms with Crippen LogP contribution in [-0.2, 0) is 23.9 Å². The minimum atomic E-state index is -0.980. The van der Waals surface area contributed by atoms with Crippen LogP contribution in [-0.4, -0.2) is 24.0 Å². The van der Waals surface area contributed by atoms with Crippen LogP contribution in [0.5, 0.6) is 0 Å². The molecule has 1 atom stereocenters. The van der Waals surface area contributed by atoms with Crippen molar-refractivity contribution in [3.63, 3.8) is 0 Å². The van der Waals surface area contributed by atoms with Gasteiger partial charge in [0.2, 0.25) is 0 Å². The fourth-order valence-corrected chi connectivity index (χ4v) is 1.07. The van der Waals surface area contributed by atoms with Crippen LogP contribution in [0.15, 0.2) is 12.7 Å². The Morgan fingerprint density at radius 2 is 2.29 bits per heavy atom. The number of cyclic esters (lactones) is 2. The Morgan fingerprint density at radius 1 is 1.57 bits per heavy atom. The highest BCUT2D eigenvalue weighted by Crippen LogP contribution is 2.13. The Kier molecular flexibility index (Phi) is 3.39. The average Bonchev–Trinajstić information content (AvgIpc) is 2.29. The molecule has 1 unspecified atom stereocenters. The Balaban J connectivity index is 2.59. The lowest BCUT2D eigenvalue weighted by Gasteiger charge is -2.10. The quantitative estimate of drug-likeness (QED) is 0.363. The van der Waals surface area contributed by atoms with Gasteiger partial charge in [0.25, 0.3) is 0 Å². The first kappa shape index (κ1) is 10.4. The Morgan fingerprint density at radius 3 is 2.93 bits per heavy atom. The first-order valence-corrected chi connectivity index (χ1v) is 4.21. The summed E-state index contributed by atoms with van der Waals surface area (Å²) in [6, 6.07) is 0. The third-order valence-electron chi connectivity index (χ3n) is 1.75. The van der Waals surface area contributed by atoms with Crippen LogP contribution in [0.25, 0.3) is 0 Å². The van der Waals surface area contributed by atoms with Crippen LogP contribution in [0.2, 0.25) is 0 Å². The van der Waals surface area contributed by atoms with Gasteiger partial charge in [-0.25, -0.2) is 9.59 Å². The van der Waals surface area contributed by atoms with Gasteiger partial charge in [-0.3, -0.25) is 4.79 Å². The molecule has 0 aliphatic carbocycles. The maximum absolute atomic E-state index is 11.1. The lowest BCUT2D eigenvalue weighted by atomic mass is 10.2. The van der Waals surface area contributed by atoms with Crippen molar-refractivity contribution in [2.75, 3.05) is 0 Å². The standard InChI is InChI=1S/C9H10O5/c1-2-7(10)13-6-4-3-5-8(11)14-9(6)12/h2,6H,1,3-5H2. The normalized spacial score (nSPS) is 22.1. The van der Waals surface area contributed by atoms with Gasteiger partial charge in [-0.05, 0) is 12.8 Å². The molecule has 0 bridgehead atoms. The van der Waals surface area contributed by atoms with E-state index in [4.69, 9.17) is 4.74 Å². The molecular formula is C9H10O5. The first-order valence-electron chi connectivity index (χ1n) is 4.21. The van der Waals surface area contributed by atoms with Crippen LogP contribution in [0.1, 0.15) is 19.3 Å². The third kappa shape index (κ3) is 2.69. The summed E-state index contributed by atoms with van der Waals surface area (Å²) in [5.41, 5.74) is 0. The molecule has 1 aliphatic heterocycles. The molecule has 14 heavy (non-hydrogen) atoms. The highest BCUT2D eigenvalue weighted by Gasteiger charge is 2.28. The van der Waals surface area contributed by atoms with E-state index in [-0.39, 0.29) is 6.42 Å². The maximum Gasteiger partial charge on any atom is 0.355 e. The zero-order valence-electron chi connectivity index (χ0n) is 7.52. The van der Waals surface area contributed by atoms with Gasteiger partial charge in [0.15, 0.2) is 6.10 Å². The highest BCUT2D eigenvalue weighted by atomic mass is 16.6. The summed E-state index contributed by atoms with van der Waals surface area (Å²) in [4.78, 5) is 32.7. The van der Waals surface area contributed by atoms with Gasteiger partial charge in [-0.15, -0.1) is 0 Å². The van der Waals surface area contributed by atoms with Crippen LogP contribution >= 0.6 is 0 Å². The van der Waals surface area contributed by atoms with E-state index in [1.165, 1.54) is 0 Å². The first-order chi connectivity index (χ1) is 6.63. The molecule has 0 aromatic carbocycles. The molecule has 1 heterocycles. The van der Waals surface area contributed by atoms with Gasteiger partial charge in [0, 0.05) is 12.5 Å². The van der Waals surface area contributed by atoms with Crippen molar-refractivity contribution in [1.29, 1.82) is 0 Å². The van der Waals surface area contributed by atoms with Crippen molar-refractivity contribution in [2.45, 2.75) is 25.4 Å². The van der Waals surface area contributed by atoms with Crippen molar-refractivity contribution in [3.8, 4) is 0 Å². The summed E-state index contributed by atoms with van der Waals surface area (Å²) in [5.74, 6) is -2.07. The van der Waals surface area contributed by atoms with E-state index in [9.17, 15) is 14.4 Å². The summed E-state index contributed by atoms with van der Waals surface area (Å²) in [7, 11) is 0. The largest absolute Gasteiger partial charge is 0.447 e. The summed E-state index contributed by atoms with van der Waals surface area (Å²) in [6.45, 7) is 3.20. The Bertz CT molecular complexity index is 281. The molecule has 1 aliphatic rings. The lowest BCUT2D eigenvalue weighted by molar-refractivity contribution is -0.170. The highest BCUT2D eigenvalue weighted by molar-refractivity contribution is 5.91. The number of carbonyl (C=O) groups is 3. The van der Waals surface area contributed by atoms with Gasteiger partial charge in [0.05, 0.1) is 0 Å². The molecule has 1 rings (SSSR count). The molecule has 1 saturated heterocycles. The van der Waals surface area contributed by atoms with Crippen molar-refractivity contribution in [1.82, 2.24) is 0 Å². The van der Waals surface area contributed by atoms with Crippen LogP contribution in [0.4, 0.5) is 0 Å². The van der Waals surface area contributed by atoms with Crippen molar-refractivity contribution < 1.29 is 23.9 Å². The predicted molar refractivity (Wildman–Crippen MR) is 45.0 cm³/mol. The molecular weight excluding hydrogens is 188 g/mol. The van der Waals surface area contributed by atoms with E-state index in [0.717, 1.165) is 6.08 Å². The Labute approximate surface area is 80.7 Å². The topological polar surface area (TPSA) is 69.7 Å². The smallest absolute Gasteiger partial charge is 0.355 e. The second-order valence-corrected chi connectivity index (χ2v) is 2.81. The number of esters is 3. The predicted octanol–water partition coefficient (Wildman–Crippen LogP) is 0.338. The van der Waals surface area contributed by atoms with Gasteiger partial charge in [-0.1, -0.05) is 6.58 Å². The van der Waals surface area contributed by atoms with Crippen molar-refractivity contribution in [2.24, 2.45) is 0 Å². The summed E-state index contributed by atoms with van der Waals surface area (Å²) < 4.78 is 9.08. The molecule has 1 fully saturated rings. The molecule has 76 valence electrons. The van der Waals surface area contributed by atoms with Crippen LogP contribution in [0.3, 0.4) is 0 Å². The average molecular weight is 198 g/mol. The number of hydrogen-bond acceptors (Lipinski definition) is 5. The van der Waals surface area contributed by atoms with Crippen molar-refractivity contribution >= 4 is 17.9 Å². The SMILES string of the molecule is C=CC(=O)OC1CCCC(=O)OC1=O. The number of ether oxygens (including phenoxy) is 2. The molecule has 0 N–H and O–H groups in total. The van der Waals surface area contributed by atoms with Gasteiger partial charge in [-0.2, -0.15) is 0 Å². The number of hydrogen-bond donors (Lipinski definition) is 0. The maximum atomic E-state index is 11.1. The summed E-state index contributed by atoms with van der Waals surface area (Å²) >= 11 is 0. The van der Waals surface area contributed by atoms with Gasteiger partial charge >= 0.3 is 17.9 Å². The fourth-order valence-electron chi connectivity index (χ4n) is 1.07. The molecule has 0 aromatic rings. The van der Waals surface area contributed by atoms with E-state index in [1.807, 2.05) is 0 Å². The van der Waals surface area contributed by atoms with E-state index in [0.29, 0.717) is 12.8 Å². The van der Waals surface area contributed by atoms with E-state index in [1.54, 1.807) is 0 Å². The summed E-state index contributed by atoms with van der Waals surface area (Å²) in [6.07, 6.45) is 0.935. The molecule has 0 spiro atoms.